The summed E-state index contributed by atoms with van der Waals surface area (Å²) in [4.78, 5) is 4.88. The quantitative estimate of drug-likeness (QED) is 0.413. The molecule has 8 heteroatoms. The van der Waals surface area contributed by atoms with Gasteiger partial charge >= 0.3 is 0 Å². The topological polar surface area (TPSA) is 110 Å². The second-order valence-electron chi connectivity index (χ2n) is 7.24. The fraction of sp³-hybridized carbons (Fsp3) is 0.429. The maximum absolute atomic E-state index is 9.86. The highest BCUT2D eigenvalue weighted by Crippen LogP contribution is 2.30. The van der Waals surface area contributed by atoms with Gasteiger partial charge in [-0.05, 0) is 39.1 Å². The molecule has 0 radical (unpaired) electrons. The molecule has 156 valence electrons. The molecule has 0 saturated carbocycles. The smallest absolute Gasteiger partial charge is 0.160 e. The average molecular weight is 399 g/mol. The Kier molecular flexibility index (Phi) is 7.03. The van der Waals surface area contributed by atoms with Crippen molar-refractivity contribution in [2.75, 3.05) is 38.6 Å². The number of aliphatic hydroxyl groups is 1. The van der Waals surface area contributed by atoms with Crippen LogP contribution in [0.15, 0.2) is 36.5 Å². The number of ether oxygens (including phenoxy) is 1. The first-order valence-corrected chi connectivity index (χ1v) is 9.91. The lowest BCUT2D eigenvalue weighted by Crippen LogP contribution is -2.29. The Bertz CT molecular complexity index is 940. The van der Waals surface area contributed by atoms with Gasteiger partial charge in [-0.1, -0.05) is 12.1 Å². The number of aromatic nitrogens is 3. The number of rotatable bonds is 10. The molecule has 0 saturated heterocycles. The Morgan fingerprint density at radius 2 is 2.10 bits per heavy atom. The Labute approximate surface area is 171 Å². The Morgan fingerprint density at radius 3 is 2.83 bits per heavy atom. The third kappa shape index (κ3) is 5.03. The molecule has 3 aromatic rings. The minimum atomic E-state index is -0.564. The van der Waals surface area contributed by atoms with Crippen LogP contribution in [0.25, 0.3) is 22.3 Å². The summed E-state index contributed by atoms with van der Waals surface area (Å²) in [6, 6.07) is 9.94. The van der Waals surface area contributed by atoms with E-state index >= 15 is 0 Å². The van der Waals surface area contributed by atoms with E-state index in [-0.39, 0.29) is 12.6 Å². The zero-order valence-corrected chi connectivity index (χ0v) is 17.2. The number of fused-ring (bicyclic) bond motifs is 1. The highest BCUT2D eigenvalue weighted by atomic mass is 16.5. The van der Waals surface area contributed by atoms with Gasteiger partial charge in [-0.3, -0.25) is 0 Å². The molecule has 2 aromatic heterocycles. The van der Waals surface area contributed by atoms with Gasteiger partial charge in [0.2, 0.25) is 0 Å². The summed E-state index contributed by atoms with van der Waals surface area (Å²) >= 11 is 0. The lowest BCUT2D eigenvalue weighted by molar-refractivity contribution is 0.108. The van der Waals surface area contributed by atoms with E-state index in [1.165, 1.54) is 0 Å². The number of benzene rings is 1. The number of nitrogens with two attached hydrogens (primary N) is 1. The molecule has 0 aliphatic heterocycles. The first kappa shape index (κ1) is 21.0. The summed E-state index contributed by atoms with van der Waals surface area (Å²) in [5.74, 6) is 0.688. The van der Waals surface area contributed by atoms with Gasteiger partial charge in [0.05, 0.1) is 17.3 Å². The zero-order chi connectivity index (χ0) is 20.8. The first-order valence-electron chi connectivity index (χ1n) is 9.91. The van der Waals surface area contributed by atoms with Crippen molar-refractivity contribution in [1.82, 2.24) is 20.1 Å². The monoisotopic (exact) mass is 398 g/mol. The molecule has 0 amide bonds. The van der Waals surface area contributed by atoms with Crippen molar-refractivity contribution in [3.63, 3.8) is 0 Å². The number of hydrogen-bond donors (Lipinski definition) is 4. The average Bonchev–Trinajstić information content (AvgIpc) is 3.15. The second kappa shape index (κ2) is 9.69. The van der Waals surface area contributed by atoms with Crippen molar-refractivity contribution in [3.8, 4) is 17.0 Å². The van der Waals surface area contributed by atoms with Crippen molar-refractivity contribution in [2.24, 2.45) is 5.73 Å². The Hall–Kier alpha value is -2.68. The minimum Gasteiger partial charge on any atom is -0.491 e. The van der Waals surface area contributed by atoms with E-state index in [1.54, 1.807) is 7.05 Å². The summed E-state index contributed by atoms with van der Waals surface area (Å²) < 4.78 is 7.66. The normalized spacial score (nSPS) is 12.5. The van der Waals surface area contributed by atoms with E-state index in [2.05, 4.69) is 29.6 Å². The summed E-state index contributed by atoms with van der Waals surface area (Å²) in [6.45, 7) is 6.07. The van der Waals surface area contributed by atoms with Crippen molar-refractivity contribution in [3.05, 3.63) is 36.5 Å². The largest absolute Gasteiger partial charge is 0.491 e. The standard InChI is InChI=1S/C21H30N6O2/c1-14(2)27-21-18(12-25-27)20(24-8-7-22)10-19(26-21)15-5-4-6-17(9-15)29-13-16(28)11-23-3/h4-6,9-10,12,14,16,23,28H,7-8,11,13,22H2,1-3H3,(H,24,26). The van der Waals surface area contributed by atoms with Crippen LogP contribution in [-0.4, -0.2) is 59.3 Å². The molecule has 2 heterocycles. The van der Waals surface area contributed by atoms with Crippen LogP contribution < -0.4 is 21.1 Å². The number of nitrogens with one attached hydrogen (secondary N) is 2. The molecule has 1 atom stereocenters. The van der Waals surface area contributed by atoms with E-state index in [1.807, 2.05) is 41.2 Å². The van der Waals surface area contributed by atoms with Crippen molar-refractivity contribution >= 4 is 16.7 Å². The molecular weight excluding hydrogens is 368 g/mol. The maximum atomic E-state index is 9.86. The second-order valence-corrected chi connectivity index (χ2v) is 7.24. The zero-order valence-electron chi connectivity index (χ0n) is 17.2. The molecular formula is C21H30N6O2. The van der Waals surface area contributed by atoms with Crippen LogP contribution in [0.2, 0.25) is 0 Å². The SMILES string of the molecule is CNCC(O)COc1cccc(-c2cc(NCCN)c3cnn(C(C)C)c3n2)c1. The van der Waals surface area contributed by atoms with Gasteiger partial charge in [0.15, 0.2) is 5.65 Å². The summed E-state index contributed by atoms with van der Waals surface area (Å²) in [5, 5.41) is 21.6. The van der Waals surface area contributed by atoms with Crippen LogP contribution in [0.1, 0.15) is 19.9 Å². The van der Waals surface area contributed by atoms with Gasteiger partial charge in [0, 0.05) is 36.9 Å². The van der Waals surface area contributed by atoms with Crippen molar-refractivity contribution in [1.29, 1.82) is 0 Å². The number of hydrogen-bond acceptors (Lipinski definition) is 7. The van der Waals surface area contributed by atoms with Gasteiger partial charge in [0.25, 0.3) is 0 Å². The van der Waals surface area contributed by atoms with Gasteiger partial charge in [0.1, 0.15) is 18.5 Å². The van der Waals surface area contributed by atoms with Crippen LogP contribution in [0.4, 0.5) is 5.69 Å². The molecule has 3 rings (SSSR count). The summed E-state index contributed by atoms with van der Waals surface area (Å²) in [6.07, 6.45) is 1.28. The summed E-state index contributed by atoms with van der Waals surface area (Å²) in [7, 11) is 1.80. The van der Waals surface area contributed by atoms with Crippen LogP contribution in [0.5, 0.6) is 5.75 Å². The molecule has 1 unspecified atom stereocenters. The molecule has 5 N–H and O–H groups in total. The molecule has 8 nitrogen and oxygen atoms in total. The van der Waals surface area contributed by atoms with Crippen LogP contribution in [0.3, 0.4) is 0 Å². The first-order chi connectivity index (χ1) is 14.0. The van der Waals surface area contributed by atoms with E-state index in [9.17, 15) is 5.11 Å². The molecule has 1 aromatic carbocycles. The van der Waals surface area contributed by atoms with Gasteiger partial charge in [-0.25, -0.2) is 9.67 Å². The van der Waals surface area contributed by atoms with Crippen LogP contribution in [0, 0.1) is 0 Å². The number of anilines is 1. The predicted molar refractivity (Wildman–Crippen MR) is 116 cm³/mol. The Morgan fingerprint density at radius 1 is 1.28 bits per heavy atom. The highest BCUT2D eigenvalue weighted by Gasteiger charge is 2.14. The molecule has 0 bridgehead atoms. The number of likely N-dealkylation sites (N-methyl/N-ethyl adjacent to an activating group) is 1. The predicted octanol–water partition coefficient (Wildman–Crippen LogP) is 2.01. The highest BCUT2D eigenvalue weighted by molar-refractivity contribution is 5.91. The van der Waals surface area contributed by atoms with Crippen LogP contribution >= 0.6 is 0 Å². The minimum absolute atomic E-state index is 0.195. The lowest BCUT2D eigenvalue weighted by atomic mass is 10.1. The van der Waals surface area contributed by atoms with Gasteiger partial charge in [-0.2, -0.15) is 5.10 Å². The third-order valence-corrected chi connectivity index (χ3v) is 4.53. The molecule has 0 spiro atoms. The van der Waals surface area contributed by atoms with Gasteiger partial charge < -0.3 is 26.2 Å². The lowest BCUT2D eigenvalue weighted by Gasteiger charge is -2.14. The third-order valence-electron chi connectivity index (χ3n) is 4.53. The summed E-state index contributed by atoms with van der Waals surface area (Å²) in [5.41, 5.74) is 9.22. The number of nitrogens with zero attached hydrogens (tertiary/aromatic N) is 3. The van der Waals surface area contributed by atoms with Crippen LogP contribution in [-0.2, 0) is 0 Å². The molecule has 0 fully saturated rings. The van der Waals surface area contributed by atoms with Crippen molar-refractivity contribution in [2.45, 2.75) is 26.0 Å². The fourth-order valence-electron chi connectivity index (χ4n) is 3.13. The van der Waals surface area contributed by atoms with Gasteiger partial charge in [-0.15, -0.1) is 0 Å². The van der Waals surface area contributed by atoms with E-state index < -0.39 is 6.10 Å². The van der Waals surface area contributed by atoms with E-state index in [0.717, 1.165) is 28.0 Å². The molecule has 29 heavy (non-hydrogen) atoms. The van der Waals surface area contributed by atoms with E-state index in [4.69, 9.17) is 15.5 Å². The molecule has 0 aliphatic rings. The number of aliphatic hydroxyl groups excluding tert-OH is 1. The maximum Gasteiger partial charge on any atom is 0.160 e. The van der Waals surface area contributed by atoms with Crippen molar-refractivity contribution < 1.29 is 9.84 Å². The molecule has 0 aliphatic carbocycles. The fourth-order valence-corrected chi connectivity index (χ4v) is 3.13. The number of pyridine rings is 1. The van der Waals surface area contributed by atoms with E-state index in [0.29, 0.717) is 25.4 Å². The Balaban J connectivity index is 1.96.